The Kier molecular flexibility index (Phi) is 4.85. The average molecular weight is 268 g/mol. The van der Waals surface area contributed by atoms with Crippen molar-refractivity contribution < 1.29 is 9.53 Å². The highest BCUT2D eigenvalue weighted by atomic mass is 16.5. The maximum atomic E-state index is 11.7. The maximum Gasteiger partial charge on any atom is 0.323 e. The van der Waals surface area contributed by atoms with E-state index in [1.54, 1.807) is 21.0 Å². The first kappa shape index (κ1) is 14.9. The second kappa shape index (κ2) is 6.17. The third kappa shape index (κ3) is 4.57. The molecule has 1 amide bonds. The molecule has 0 saturated carbocycles. The van der Waals surface area contributed by atoms with Gasteiger partial charge in [-0.25, -0.2) is 0 Å². The van der Waals surface area contributed by atoms with Gasteiger partial charge in [0.1, 0.15) is 6.04 Å². The van der Waals surface area contributed by atoms with Crippen LogP contribution in [0.25, 0.3) is 0 Å². The minimum absolute atomic E-state index is 0.0395. The lowest BCUT2D eigenvalue weighted by Crippen LogP contribution is -2.37. The summed E-state index contributed by atoms with van der Waals surface area (Å²) in [6.45, 7) is 5.42. The Balaban J connectivity index is 2.83. The summed E-state index contributed by atoms with van der Waals surface area (Å²) >= 11 is 0. The number of likely N-dealkylation sites (N-methyl/N-ethyl adjacent to an activating group) is 1. The molecule has 1 rings (SSSR count). The smallest absolute Gasteiger partial charge is 0.323 e. The lowest BCUT2D eigenvalue weighted by Gasteiger charge is -2.18. The van der Waals surface area contributed by atoms with Gasteiger partial charge in [-0.3, -0.25) is 4.79 Å². The number of nitrogen functional groups attached to an aromatic ring is 1. The number of ether oxygens (including phenoxy) is 1. The molecule has 0 aliphatic heterocycles. The van der Waals surface area contributed by atoms with Gasteiger partial charge in [0.15, 0.2) is 0 Å². The summed E-state index contributed by atoms with van der Waals surface area (Å²) < 4.78 is 5.35. The van der Waals surface area contributed by atoms with Crippen LogP contribution < -0.4 is 15.8 Å². The summed E-state index contributed by atoms with van der Waals surface area (Å²) in [5, 5.41) is 2.86. The van der Waals surface area contributed by atoms with Crippen LogP contribution in [0, 0.1) is 0 Å². The van der Waals surface area contributed by atoms with E-state index in [2.05, 4.69) is 20.3 Å². The van der Waals surface area contributed by atoms with Crippen molar-refractivity contribution in [2.75, 3.05) is 25.1 Å². The number of nitrogens with zero attached hydrogens (tertiary/aromatic N) is 4. The molecular formula is C11H20N6O2. The van der Waals surface area contributed by atoms with Crippen LogP contribution in [0.4, 0.5) is 11.9 Å². The third-order valence-electron chi connectivity index (χ3n) is 2.13. The fraction of sp³-hybridized carbons (Fsp3) is 0.636. The molecule has 8 heteroatoms. The second-order valence-corrected chi connectivity index (χ2v) is 4.57. The fourth-order valence-electron chi connectivity index (χ4n) is 1.34. The van der Waals surface area contributed by atoms with Crippen molar-refractivity contribution in [3.63, 3.8) is 0 Å². The first-order valence-electron chi connectivity index (χ1n) is 5.95. The maximum absolute atomic E-state index is 11.7. The van der Waals surface area contributed by atoms with E-state index in [0.29, 0.717) is 0 Å². The summed E-state index contributed by atoms with van der Waals surface area (Å²) in [5.74, 6) is 0.161. The quantitative estimate of drug-likeness (QED) is 0.781. The van der Waals surface area contributed by atoms with E-state index in [9.17, 15) is 4.79 Å². The Labute approximate surface area is 112 Å². The van der Waals surface area contributed by atoms with Gasteiger partial charge >= 0.3 is 6.01 Å². The number of carbonyl (C=O) groups is 1. The van der Waals surface area contributed by atoms with Crippen molar-refractivity contribution in [3.8, 4) is 6.01 Å². The number of nitrogens with one attached hydrogen (secondary N) is 1. The van der Waals surface area contributed by atoms with Gasteiger partial charge in [0.05, 0.1) is 6.10 Å². The monoisotopic (exact) mass is 268 g/mol. The van der Waals surface area contributed by atoms with E-state index in [4.69, 9.17) is 10.5 Å². The number of nitrogens with two attached hydrogens (primary N) is 1. The van der Waals surface area contributed by atoms with Crippen LogP contribution in [0.3, 0.4) is 0 Å². The van der Waals surface area contributed by atoms with E-state index in [1.807, 2.05) is 13.8 Å². The normalized spacial score (nSPS) is 12.1. The zero-order valence-electron chi connectivity index (χ0n) is 11.8. The molecule has 0 fully saturated rings. The van der Waals surface area contributed by atoms with Crippen molar-refractivity contribution in [1.29, 1.82) is 0 Å². The summed E-state index contributed by atoms with van der Waals surface area (Å²) in [6, 6.07) is -0.335. The summed E-state index contributed by atoms with van der Waals surface area (Å²) in [6.07, 6.45) is -0.0736. The molecule has 0 aliphatic rings. The number of hydrogen-bond acceptors (Lipinski definition) is 7. The van der Waals surface area contributed by atoms with Crippen LogP contribution >= 0.6 is 0 Å². The number of carbonyl (C=O) groups excluding carboxylic acids is 1. The molecule has 0 aliphatic carbocycles. The molecule has 0 spiro atoms. The zero-order valence-corrected chi connectivity index (χ0v) is 11.8. The highest BCUT2D eigenvalue weighted by Gasteiger charge is 2.17. The van der Waals surface area contributed by atoms with Crippen LogP contribution in [0.1, 0.15) is 20.8 Å². The van der Waals surface area contributed by atoms with E-state index in [-0.39, 0.29) is 29.9 Å². The van der Waals surface area contributed by atoms with Crippen LogP contribution in [-0.4, -0.2) is 52.0 Å². The topological polar surface area (TPSA) is 106 Å². The van der Waals surface area contributed by atoms with Gasteiger partial charge in [0.2, 0.25) is 17.8 Å². The third-order valence-corrected chi connectivity index (χ3v) is 2.13. The van der Waals surface area contributed by atoms with Gasteiger partial charge in [-0.05, 0) is 20.8 Å². The van der Waals surface area contributed by atoms with E-state index < -0.39 is 6.04 Å². The largest absolute Gasteiger partial charge is 0.461 e. The molecule has 106 valence electrons. The Morgan fingerprint density at radius 3 is 2.42 bits per heavy atom. The molecule has 1 unspecified atom stereocenters. The molecule has 0 radical (unpaired) electrons. The van der Waals surface area contributed by atoms with Gasteiger partial charge < -0.3 is 20.7 Å². The van der Waals surface area contributed by atoms with Crippen LogP contribution in [0.15, 0.2) is 0 Å². The Morgan fingerprint density at radius 1 is 1.26 bits per heavy atom. The molecule has 1 aromatic rings. The van der Waals surface area contributed by atoms with E-state index in [0.717, 1.165) is 0 Å². The minimum Gasteiger partial charge on any atom is -0.461 e. The lowest BCUT2D eigenvalue weighted by molar-refractivity contribution is -0.129. The minimum atomic E-state index is -0.469. The predicted molar refractivity (Wildman–Crippen MR) is 71.8 cm³/mol. The molecule has 8 nitrogen and oxygen atoms in total. The van der Waals surface area contributed by atoms with Crippen molar-refractivity contribution in [1.82, 2.24) is 19.9 Å². The zero-order chi connectivity index (χ0) is 14.6. The van der Waals surface area contributed by atoms with E-state index >= 15 is 0 Å². The van der Waals surface area contributed by atoms with Crippen molar-refractivity contribution in [2.24, 2.45) is 0 Å². The Bertz CT molecular complexity index is 449. The molecule has 1 aromatic heterocycles. The van der Waals surface area contributed by atoms with Gasteiger partial charge in [-0.15, -0.1) is 0 Å². The SMILES string of the molecule is CC(C)Oc1nc(N)nc(NC(C)C(=O)N(C)C)n1. The number of rotatable bonds is 5. The van der Waals surface area contributed by atoms with Gasteiger partial charge in [-0.2, -0.15) is 15.0 Å². The van der Waals surface area contributed by atoms with Crippen molar-refractivity contribution in [3.05, 3.63) is 0 Å². The number of aromatic nitrogens is 3. The molecule has 1 atom stereocenters. The first-order valence-corrected chi connectivity index (χ1v) is 5.95. The predicted octanol–water partition coefficient (Wildman–Crippen LogP) is 0.130. The Hall–Kier alpha value is -2.12. The van der Waals surface area contributed by atoms with Crippen LogP contribution in [0.5, 0.6) is 6.01 Å². The number of amides is 1. The highest BCUT2D eigenvalue weighted by molar-refractivity contribution is 5.83. The summed E-state index contributed by atoms with van der Waals surface area (Å²) in [7, 11) is 3.35. The highest BCUT2D eigenvalue weighted by Crippen LogP contribution is 2.11. The molecule has 19 heavy (non-hydrogen) atoms. The standard InChI is InChI=1S/C11H20N6O2/c1-6(2)19-11-15-9(12)14-10(16-11)13-7(3)8(18)17(4)5/h6-7H,1-5H3,(H3,12,13,14,15,16). The van der Waals surface area contributed by atoms with Gasteiger partial charge in [0, 0.05) is 14.1 Å². The molecule has 0 bridgehead atoms. The lowest BCUT2D eigenvalue weighted by atomic mass is 10.3. The summed E-state index contributed by atoms with van der Waals surface area (Å²) in [5.41, 5.74) is 5.57. The average Bonchev–Trinajstić information content (AvgIpc) is 2.25. The van der Waals surface area contributed by atoms with Crippen molar-refractivity contribution >= 4 is 17.8 Å². The molecule has 1 heterocycles. The number of anilines is 2. The summed E-state index contributed by atoms with van der Waals surface area (Å²) in [4.78, 5) is 25.0. The fourth-order valence-corrected chi connectivity index (χ4v) is 1.34. The van der Waals surface area contributed by atoms with Crippen LogP contribution in [-0.2, 0) is 4.79 Å². The first-order chi connectivity index (χ1) is 8.79. The number of hydrogen-bond donors (Lipinski definition) is 2. The molecule has 0 saturated heterocycles. The van der Waals surface area contributed by atoms with Crippen LogP contribution in [0.2, 0.25) is 0 Å². The molecule has 0 aromatic carbocycles. The molecular weight excluding hydrogens is 248 g/mol. The molecule has 3 N–H and O–H groups in total. The van der Waals surface area contributed by atoms with Crippen molar-refractivity contribution in [2.45, 2.75) is 32.9 Å². The van der Waals surface area contributed by atoms with Gasteiger partial charge in [0.25, 0.3) is 0 Å². The van der Waals surface area contributed by atoms with Gasteiger partial charge in [-0.1, -0.05) is 0 Å². The van der Waals surface area contributed by atoms with E-state index in [1.165, 1.54) is 4.90 Å². The second-order valence-electron chi connectivity index (χ2n) is 4.57. The Morgan fingerprint density at radius 2 is 1.89 bits per heavy atom.